The lowest BCUT2D eigenvalue weighted by Gasteiger charge is -2.17. The third kappa shape index (κ3) is 9.97. The van der Waals surface area contributed by atoms with E-state index in [0.29, 0.717) is 6.61 Å². The lowest BCUT2D eigenvalue weighted by atomic mass is 10.4. The lowest BCUT2D eigenvalue weighted by Crippen LogP contribution is -2.44. The third-order valence-electron chi connectivity index (χ3n) is 2.65. The molecule has 1 aromatic carbocycles. The van der Waals surface area contributed by atoms with E-state index in [1.54, 1.807) is 14.2 Å². The minimum atomic E-state index is 0. The van der Waals surface area contributed by atoms with Crippen LogP contribution >= 0.6 is 35.7 Å². The number of methoxy groups -OCH3 is 1. The Bertz CT molecular complexity index is 390. The summed E-state index contributed by atoms with van der Waals surface area (Å²) in [6.07, 6.45) is 1.10. The molecule has 0 saturated heterocycles. The maximum Gasteiger partial charge on any atom is 0.191 e. The molecule has 21 heavy (non-hydrogen) atoms. The Hall–Kier alpha value is -0.470. The molecule has 0 heterocycles. The highest BCUT2D eigenvalue weighted by Crippen LogP contribution is 2.17. The number of nitrogens with zero attached hydrogens (tertiary/aromatic N) is 1. The summed E-state index contributed by atoms with van der Waals surface area (Å²) in [6.45, 7) is 3.66. The summed E-state index contributed by atoms with van der Waals surface area (Å²) in [5.41, 5.74) is 0. The van der Waals surface area contributed by atoms with Gasteiger partial charge in [0.25, 0.3) is 0 Å². The average molecular weight is 423 g/mol. The van der Waals surface area contributed by atoms with Gasteiger partial charge in [-0.15, -0.1) is 35.7 Å². The fraction of sp³-hybridized carbons (Fsp3) is 0.533. The van der Waals surface area contributed by atoms with Crippen molar-refractivity contribution in [3.8, 4) is 0 Å². The second kappa shape index (κ2) is 13.2. The molecule has 0 spiro atoms. The number of hydrogen-bond acceptors (Lipinski definition) is 3. The summed E-state index contributed by atoms with van der Waals surface area (Å²) in [7, 11) is 3.49. The summed E-state index contributed by atoms with van der Waals surface area (Å²) in [5.74, 6) is 1.93. The van der Waals surface area contributed by atoms with Crippen LogP contribution in [0.2, 0.25) is 0 Å². The quantitative estimate of drug-likeness (QED) is 0.222. The number of guanidine groups is 1. The van der Waals surface area contributed by atoms with Crippen molar-refractivity contribution in [3.63, 3.8) is 0 Å². The SMILES string of the molecule is CN=C(NCCCSc1ccccc1)NC(C)COC.I. The predicted molar refractivity (Wildman–Crippen MR) is 103 cm³/mol. The number of nitrogens with one attached hydrogen (secondary N) is 2. The van der Waals surface area contributed by atoms with Crippen molar-refractivity contribution < 1.29 is 4.74 Å². The molecule has 2 N–H and O–H groups in total. The Morgan fingerprint density at radius 2 is 2.05 bits per heavy atom. The van der Waals surface area contributed by atoms with Gasteiger partial charge in [0.15, 0.2) is 5.96 Å². The van der Waals surface area contributed by atoms with Gasteiger partial charge in [0.1, 0.15) is 0 Å². The zero-order valence-electron chi connectivity index (χ0n) is 13.0. The van der Waals surface area contributed by atoms with Crippen molar-refractivity contribution in [3.05, 3.63) is 30.3 Å². The van der Waals surface area contributed by atoms with Crippen LogP contribution in [0, 0.1) is 0 Å². The van der Waals surface area contributed by atoms with Crippen LogP contribution in [0.25, 0.3) is 0 Å². The molecule has 6 heteroatoms. The molecular weight excluding hydrogens is 397 g/mol. The van der Waals surface area contributed by atoms with Gasteiger partial charge in [0.05, 0.1) is 6.61 Å². The summed E-state index contributed by atoms with van der Waals surface area (Å²) in [4.78, 5) is 5.52. The van der Waals surface area contributed by atoms with E-state index in [2.05, 4.69) is 46.8 Å². The molecule has 0 aliphatic carbocycles. The molecular formula is C15H26IN3OS. The van der Waals surface area contributed by atoms with E-state index in [1.165, 1.54) is 4.90 Å². The minimum Gasteiger partial charge on any atom is -0.383 e. The van der Waals surface area contributed by atoms with Gasteiger partial charge in [-0.2, -0.15) is 0 Å². The van der Waals surface area contributed by atoms with Crippen LogP contribution in [0.5, 0.6) is 0 Å². The lowest BCUT2D eigenvalue weighted by molar-refractivity contribution is 0.179. The van der Waals surface area contributed by atoms with Crippen molar-refractivity contribution in [2.75, 3.05) is 33.1 Å². The molecule has 0 radical (unpaired) electrons. The Labute approximate surface area is 149 Å². The smallest absolute Gasteiger partial charge is 0.191 e. The van der Waals surface area contributed by atoms with E-state index >= 15 is 0 Å². The van der Waals surface area contributed by atoms with Crippen LogP contribution in [0.4, 0.5) is 0 Å². The van der Waals surface area contributed by atoms with Crippen LogP contribution in [0.1, 0.15) is 13.3 Å². The van der Waals surface area contributed by atoms with E-state index < -0.39 is 0 Å². The number of thioether (sulfide) groups is 1. The highest BCUT2D eigenvalue weighted by Gasteiger charge is 2.03. The van der Waals surface area contributed by atoms with Crippen LogP contribution in [0.3, 0.4) is 0 Å². The summed E-state index contributed by atoms with van der Waals surface area (Å²) in [6, 6.07) is 10.7. The second-order valence-corrected chi connectivity index (χ2v) is 5.68. The number of hydrogen-bond donors (Lipinski definition) is 2. The molecule has 1 rings (SSSR count). The molecule has 0 fully saturated rings. The molecule has 1 atom stereocenters. The van der Waals surface area contributed by atoms with Crippen LogP contribution in [0.15, 0.2) is 40.2 Å². The van der Waals surface area contributed by atoms with E-state index in [-0.39, 0.29) is 30.0 Å². The van der Waals surface area contributed by atoms with E-state index in [1.807, 2.05) is 17.8 Å². The topological polar surface area (TPSA) is 45.7 Å². The monoisotopic (exact) mass is 423 g/mol. The summed E-state index contributed by atoms with van der Waals surface area (Å²) >= 11 is 1.88. The summed E-state index contributed by atoms with van der Waals surface area (Å²) < 4.78 is 5.09. The Balaban J connectivity index is 0.00000400. The number of halogens is 1. The standard InChI is InChI=1S/C15H25N3OS.HI/c1-13(12-19-3)18-15(16-2)17-10-7-11-20-14-8-5-4-6-9-14;/h4-6,8-9,13H,7,10-12H2,1-3H3,(H2,16,17,18);1H. The number of aliphatic imine (C=N–C) groups is 1. The number of ether oxygens (including phenoxy) is 1. The van der Waals surface area contributed by atoms with Gasteiger partial charge >= 0.3 is 0 Å². The molecule has 4 nitrogen and oxygen atoms in total. The Morgan fingerprint density at radius 1 is 1.33 bits per heavy atom. The van der Waals surface area contributed by atoms with Gasteiger partial charge in [-0.3, -0.25) is 4.99 Å². The molecule has 0 aliphatic heterocycles. The first-order valence-corrected chi connectivity index (χ1v) is 7.88. The molecule has 0 aromatic heterocycles. The molecule has 0 aliphatic rings. The zero-order chi connectivity index (χ0) is 14.6. The minimum absolute atomic E-state index is 0. The number of rotatable bonds is 8. The van der Waals surface area contributed by atoms with Crippen molar-refractivity contribution in [2.24, 2.45) is 4.99 Å². The van der Waals surface area contributed by atoms with E-state index in [0.717, 1.165) is 24.7 Å². The van der Waals surface area contributed by atoms with Crippen molar-refractivity contribution in [1.82, 2.24) is 10.6 Å². The van der Waals surface area contributed by atoms with Crippen LogP contribution in [-0.2, 0) is 4.74 Å². The maximum atomic E-state index is 5.09. The maximum absolute atomic E-state index is 5.09. The van der Waals surface area contributed by atoms with E-state index in [9.17, 15) is 0 Å². The fourth-order valence-corrected chi connectivity index (χ4v) is 2.58. The van der Waals surface area contributed by atoms with Crippen molar-refractivity contribution in [1.29, 1.82) is 0 Å². The molecule has 0 bridgehead atoms. The molecule has 1 unspecified atom stereocenters. The fourth-order valence-electron chi connectivity index (χ4n) is 1.71. The van der Waals surface area contributed by atoms with Crippen molar-refractivity contribution >= 4 is 41.7 Å². The van der Waals surface area contributed by atoms with Gasteiger partial charge in [0, 0.05) is 31.6 Å². The van der Waals surface area contributed by atoms with Crippen molar-refractivity contribution in [2.45, 2.75) is 24.3 Å². The average Bonchev–Trinajstić information content (AvgIpc) is 2.47. The van der Waals surface area contributed by atoms with E-state index in [4.69, 9.17) is 4.74 Å². The van der Waals surface area contributed by atoms with Crippen LogP contribution < -0.4 is 10.6 Å². The summed E-state index contributed by atoms with van der Waals surface area (Å²) in [5, 5.41) is 6.60. The normalized spacial score (nSPS) is 12.4. The molecule has 0 amide bonds. The van der Waals surface area contributed by atoms with Gasteiger partial charge < -0.3 is 15.4 Å². The highest BCUT2D eigenvalue weighted by atomic mass is 127. The first-order chi connectivity index (χ1) is 9.76. The largest absolute Gasteiger partial charge is 0.383 e. The zero-order valence-corrected chi connectivity index (χ0v) is 16.1. The Kier molecular flexibility index (Phi) is 12.9. The van der Waals surface area contributed by atoms with Gasteiger partial charge in [-0.05, 0) is 31.2 Å². The first-order valence-electron chi connectivity index (χ1n) is 6.90. The van der Waals surface area contributed by atoms with Crippen LogP contribution in [-0.4, -0.2) is 45.1 Å². The van der Waals surface area contributed by atoms with Gasteiger partial charge in [0.2, 0.25) is 0 Å². The molecule has 1 aromatic rings. The van der Waals surface area contributed by atoms with Gasteiger partial charge in [-0.25, -0.2) is 0 Å². The highest BCUT2D eigenvalue weighted by molar-refractivity contribution is 14.0. The second-order valence-electron chi connectivity index (χ2n) is 4.51. The number of benzene rings is 1. The van der Waals surface area contributed by atoms with Gasteiger partial charge in [-0.1, -0.05) is 18.2 Å². The first kappa shape index (κ1) is 20.5. The predicted octanol–water partition coefficient (Wildman–Crippen LogP) is 2.99. The molecule has 0 saturated carbocycles. The molecule has 120 valence electrons. The third-order valence-corrected chi connectivity index (χ3v) is 3.75. The Morgan fingerprint density at radius 3 is 2.67 bits per heavy atom.